The minimum atomic E-state index is -5.42. The van der Waals surface area contributed by atoms with Gasteiger partial charge < -0.3 is 4.74 Å². The average molecular weight is 361 g/mol. The first kappa shape index (κ1) is 22.2. The fraction of sp³-hybridized carbons (Fsp3) is 0.929. The van der Waals surface area contributed by atoms with E-state index >= 15 is 0 Å². The van der Waals surface area contributed by atoms with Gasteiger partial charge in [0.05, 0.1) is 5.41 Å². The molecule has 0 saturated heterocycles. The van der Waals surface area contributed by atoms with Gasteiger partial charge in [-0.3, -0.25) is 4.79 Å². The number of carbonyl (C=O) groups excluding carboxylic acids is 1. The zero-order valence-corrected chi connectivity index (χ0v) is 15.2. The van der Waals surface area contributed by atoms with E-state index in [-0.39, 0.29) is 5.92 Å². The van der Waals surface area contributed by atoms with E-state index < -0.39 is 45.5 Å². The fourth-order valence-electron chi connectivity index (χ4n) is 2.07. The molecule has 5 nitrogen and oxygen atoms in total. The molecule has 0 aromatic heterocycles. The quantitative estimate of drug-likeness (QED) is 0.559. The lowest BCUT2D eigenvalue weighted by atomic mass is 9.64. The predicted molar refractivity (Wildman–Crippen MR) is 81.0 cm³/mol. The molecule has 0 bridgehead atoms. The van der Waals surface area contributed by atoms with Crippen LogP contribution < -0.4 is 4.72 Å². The maximum atomic E-state index is 12.3. The number of esters is 1. The smallest absolute Gasteiger partial charge is 0.464 e. The van der Waals surface area contributed by atoms with Gasteiger partial charge in [0.1, 0.15) is 6.61 Å². The maximum Gasteiger partial charge on any atom is 0.511 e. The van der Waals surface area contributed by atoms with E-state index in [0.717, 1.165) is 0 Å². The van der Waals surface area contributed by atoms with Crippen molar-refractivity contribution in [2.24, 2.45) is 16.7 Å². The first-order chi connectivity index (χ1) is 10.0. The van der Waals surface area contributed by atoms with Crippen LogP contribution in [0.5, 0.6) is 0 Å². The standard InChI is InChI=1S/C14H26F3NO4S/c1-10(2)9-13(6,12(3,4)5)11(19)22-8-7-18-23(20,21)14(15,16)17/h10,18H,7-9H2,1-6H3. The van der Waals surface area contributed by atoms with E-state index in [1.807, 2.05) is 34.6 Å². The molecule has 1 N–H and O–H groups in total. The molecule has 1 unspecified atom stereocenters. The molecule has 0 aliphatic rings. The number of hydrogen-bond acceptors (Lipinski definition) is 4. The number of rotatable bonds is 7. The Labute approximate surface area is 136 Å². The van der Waals surface area contributed by atoms with E-state index in [2.05, 4.69) is 0 Å². The van der Waals surface area contributed by atoms with Gasteiger partial charge in [-0.25, -0.2) is 13.1 Å². The third kappa shape index (κ3) is 5.95. The third-order valence-corrected chi connectivity index (χ3v) is 5.05. The molecule has 0 rings (SSSR count). The van der Waals surface area contributed by atoms with Crippen LogP contribution in [0.1, 0.15) is 48.0 Å². The molecule has 0 aromatic rings. The average Bonchev–Trinajstić information content (AvgIpc) is 2.30. The van der Waals surface area contributed by atoms with Gasteiger partial charge in [0.25, 0.3) is 0 Å². The maximum absolute atomic E-state index is 12.3. The first-order valence-electron chi connectivity index (χ1n) is 7.28. The number of hydrogen-bond donors (Lipinski definition) is 1. The highest BCUT2D eigenvalue weighted by Gasteiger charge is 2.47. The molecule has 0 aliphatic carbocycles. The van der Waals surface area contributed by atoms with Crippen LogP contribution in [0.3, 0.4) is 0 Å². The Bertz CT molecular complexity index is 509. The van der Waals surface area contributed by atoms with Gasteiger partial charge in [0.2, 0.25) is 0 Å². The van der Waals surface area contributed by atoms with Crippen molar-refractivity contribution < 1.29 is 31.1 Å². The third-order valence-electron chi connectivity index (χ3n) is 3.85. The van der Waals surface area contributed by atoms with Crippen molar-refractivity contribution in [2.45, 2.75) is 53.5 Å². The van der Waals surface area contributed by atoms with Crippen LogP contribution in [0.4, 0.5) is 13.2 Å². The molecule has 0 amide bonds. The molecule has 0 radical (unpaired) electrons. The minimum absolute atomic E-state index is 0.218. The summed E-state index contributed by atoms with van der Waals surface area (Å²) in [5, 5.41) is 0. The van der Waals surface area contributed by atoms with E-state index in [0.29, 0.717) is 6.42 Å². The summed E-state index contributed by atoms with van der Waals surface area (Å²) >= 11 is 0. The van der Waals surface area contributed by atoms with E-state index in [9.17, 15) is 26.4 Å². The Kier molecular flexibility index (Phi) is 7.11. The van der Waals surface area contributed by atoms with Crippen molar-refractivity contribution >= 4 is 16.0 Å². The van der Waals surface area contributed by atoms with Gasteiger partial charge in [-0.05, 0) is 24.7 Å². The number of nitrogens with one attached hydrogen (secondary N) is 1. The van der Waals surface area contributed by atoms with Crippen molar-refractivity contribution in [3.63, 3.8) is 0 Å². The van der Waals surface area contributed by atoms with Crippen molar-refractivity contribution in [2.75, 3.05) is 13.2 Å². The molecular weight excluding hydrogens is 335 g/mol. The van der Waals surface area contributed by atoms with Crippen LogP contribution in [-0.2, 0) is 19.6 Å². The second-order valence-corrected chi connectivity index (χ2v) is 8.92. The van der Waals surface area contributed by atoms with Gasteiger partial charge in [-0.2, -0.15) is 13.2 Å². The molecule has 1 atom stereocenters. The minimum Gasteiger partial charge on any atom is -0.464 e. The highest BCUT2D eigenvalue weighted by Crippen LogP contribution is 2.44. The summed E-state index contributed by atoms with van der Waals surface area (Å²) in [7, 11) is -5.42. The molecule has 9 heteroatoms. The molecular formula is C14H26F3NO4S. The number of carbonyl (C=O) groups is 1. The first-order valence-corrected chi connectivity index (χ1v) is 8.76. The number of sulfonamides is 1. The molecule has 0 fully saturated rings. The lowest BCUT2D eigenvalue weighted by molar-refractivity contribution is -0.163. The Morgan fingerprint density at radius 2 is 1.61 bits per heavy atom. The lowest BCUT2D eigenvalue weighted by Gasteiger charge is -2.40. The van der Waals surface area contributed by atoms with E-state index in [1.165, 1.54) is 4.72 Å². The SMILES string of the molecule is CC(C)CC(C)(C(=O)OCCNS(=O)(=O)C(F)(F)F)C(C)(C)C. The highest BCUT2D eigenvalue weighted by molar-refractivity contribution is 7.90. The summed E-state index contributed by atoms with van der Waals surface area (Å²) in [5.74, 6) is -0.333. The van der Waals surface area contributed by atoms with Gasteiger partial charge >= 0.3 is 21.5 Å². The Balaban J connectivity index is 4.75. The largest absolute Gasteiger partial charge is 0.511 e. The number of alkyl halides is 3. The van der Waals surface area contributed by atoms with Crippen molar-refractivity contribution in [1.29, 1.82) is 0 Å². The Hall–Kier alpha value is -0.830. The lowest BCUT2D eigenvalue weighted by Crippen LogP contribution is -2.44. The number of halogens is 3. The summed E-state index contributed by atoms with van der Waals surface area (Å²) < 4.78 is 64.5. The van der Waals surface area contributed by atoms with Gasteiger partial charge in [-0.1, -0.05) is 34.6 Å². The summed E-state index contributed by atoms with van der Waals surface area (Å²) in [5.41, 5.74) is -6.63. The zero-order valence-electron chi connectivity index (χ0n) is 14.4. The summed E-state index contributed by atoms with van der Waals surface area (Å²) in [6.45, 7) is 10.2. The van der Waals surface area contributed by atoms with Gasteiger partial charge in [0, 0.05) is 6.54 Å². The molecule has 0 aromatic carbocycles. The van der Waals surface area contributed by atoms with Crippen LogP contribution >= 0.6 is 0 Å². The molecule has 0 spiro atoms. The molecule has 0 heterocycles. The topological polar surface area (TPSA) is 72.5 Å². The normalized spacial score (nSPS) is 16.3. The molecule has 138 valence electrons. The molecule has 0 aliphatic heterocycles. The summed E-state index contributed by atoms with van der Waals surface area (Å²) in [4.78, 5) is 12.3. The van der Waals surface area contributed by atoms with Crippen LogP contribution in [0.25, 0.3) is 0 Å². The van der Waals surface area contributed by atoms with Crippen molar-refractivity contribution in [3.05, 3.63) is 0 Å². The predicted octanol–water partition coefficient (Wildman–Crippen LogP) is 3.07. The second kappa shape index (κ2) is 7.38. The fourth-order valence-corrected chi connectivity index (χ4v) is 2.59. The van der Waals surface area contributed by atoms with Crippen LogP contribution in [0.2, 0.25) is 0 Å². The van der Waals surface area contributed by atoms with E-state index in [4.69, 9.17) is 4.74 Å². The van der Waals surface area contributed by atoms with E-state index in [1.54, 1.807) is 6.92 Å². The van der Waals surface area contributed by atoms with Gasteiger partial charge in [0.15, 0.2) is 0 Å². The van der Waals surface area contributed by atoms with Crippen LogP contribution in [0, 0.1) is 16.7 Å². The molecule has 23 heavy (non-hydrogen) atoms. The number of ether oxygens (including phenoxy) is 1. The Morgan fingerprint density at radius 3 is 1.96 bits per heavy atom. The van der Waals surface area contributed by atoms with Crippen molar-refractivity contribution in [1.82, 2.24) is 4.72 Å². The summed E-state index contributed by atoms with van der Waals surface area (Å²) in [6, 6.07) is 0. The Morgan fingerprint density at radius 1 is 1.13 bits per heavy atom. The van der Waals surface area contributed by atoms with Crippen LogP contribution in [-0.4, -0.2) is 33.0 Å². The zero-order chi connectivity index (χ0) is 18.7. The van der Waals surface area contributed by atoms with Gasteiger partial charge in [-0.15, -0.1) is 0 Å². The highest BCUT2D eigenvalue weighted by atomic mass is 32.2. The van der Waals surface area contributed by atoms with Crippen LogP contribution in [0.15, 0.2) is 0 Å². The summed E-state index contributed by atoms with van der Waals surface area (Å²) in [6.07, 6.45) is 0.545. The molecule has 0 saturated carbocycles. The van der Waals surface area contributed by atoms with Crippen molar-refractivity contribution in [3.8, 4) is 0 Å². The monoisotopic (exact) mass is 361 g/mol. The second-order valence-electron chi connectivity index (χ2n) is 7.16.